The fourth-order valence-corrected chi connectivity index (χ4v) is 3.42. The SMILES string of the molecule is CNS(=O)(=O)c1ccc(OC(C)C)c(Nc2ncnc(N)c2C(=N)c2ccoc2)c1. The highest BCUT2D eigenvalue weighted by Gasteiger charge is 2.20. The van der Waals surface area contributed by atoms with E-state index in [4.69, 9.17) is 20.3 Å². The summed E-state index contributed by atoms with van der Waals surface area (Å²) in [6.45, 7) is 3.70. The molecule has 0 aliphatic heterocycles. The maximum Gasteiger partial charge on any atom is 0.240 e. The molecule has 3 rings (SSSR count). The molecule has 0 amide bonds. The van der Waals surface area contributed by atoms with E-state index < -0.39 is 10.0 Å². The Bertz CT molecular complexity index is 1160. The third kappa shape index (κ3) is 4.42. The van der Waals surface area contributed by atoms with Crippen LogP contribution in [0.4, 0.5) is 17.3 Å². The van der Waals surface area contributed by atoms with E-state index in [0.717, 1.165) is 0 Å². The summed E-state index contributed by atoms with van der Waals surface area (Å²) in [5.41, 5.74) is 7.16. The molecule has 0 atom stereocenters. The number of rotatable bonds is 8. The number of nitrogens with zero attached hydrogens (tertiary/aromatic N) is 2. The zero-order valence-corrected chi connectivity index (χ0v) is 17.4. The zero-order valence-electron chi connectivity index (χ0n) is 16.6. The molecule has 0 radical (unpaired) electrons. The molecule has 3 aromatic rings. The van der Waals surface area contributed by atoms with E-state index in [1.807, 2.05) is 13.8 Å². The zero-order chi connectivity index (χ0) is 21.9. The monoisotopic (exact) mass is 430 g/mol. The fourth-order valence-electron chi connectivity index (χ4n) is 2.67. The number of furan rings is 1. The Balaban J connectivity index is 2.10. The standard InChI is InChI=1S/C19H22N6O4S/c1-11(2)29-15-5-4-13(30(26,27)22-3)8-14(15)25-19-16(18(21)23-10-24-19)17(20)12-6-7-28-9-12/h4-11,20,22H,1-3H3,(H3,21,23,24,25). The molecule has 5 N–H and O–H groups in total. The molecule has 0 saturated heterocycles. The van der Waals surface area contributed by atoms with Crippen molar-refractivity contribution < 1.29 is 17.6 Å². The molecular formula is C19H22N6O4S. The highest BCUT2D eigenvalue weighted by Crippen LogP contribution is 2.33. The average molecular weight is 430 g/mol. The molecule has 0 aliphatic rings. The second-order valence-electron chi connectivity index (χ2n) is 6.53. The minimum atomic E-state index is -3.69. The van der Waals surface area contributed by atoms with Crippen molar-refractivity contribution in [3.05, 3.63) is 54.2 Å². The van der Waals surface area contributed by atoms with Crippen LogP contribution in [-0.2, 0) is 10.0 Å². The Morgan fingerprint density at radius 1 is 1.27 bits per heavy atom. The van der Waals surface area contributed by atoms with Gasteiger partial charge in [-0.1, -0.05) is 0 Å². The van der Waals surface area contributed by atoms with E-state index in [0.29, 0.717) is 17.0 Å². The van der Waals surface area contributed by atoms with Crippen molar-refractivity contribution in [2.45, 2.75) is 24.8 Å². The van der Waals surface area contributed by atoms with Crippen molar-refractivity contribution in [2.75, 3.05) is 18.1 Å². The first-order chi connectivity index (χ1) is 14.2. The third-order valence-corrected chi connectivity index (χ3v) is 5.49. The van der Waals surface area contributed by atoms with Crippen LogP contribution >= 0.6 is 0 Å². The van der Waals surface area contributed by atoms with Crippen LogP contribution in [-0.4, -0.2) is 37.2 Å². The van der Waals surface area contributed by atoms with Crippen LogP contribution in [0.15, 0.2) is 52.4 Å². The maximum absolute atomic E-state index is 12.3. The molecule has 0 saturated carbocycles. The van der Waals surface area contributed by atoms with Crippen LogP contribution in [0.3, 0.4) is 0 Å². The second kappa shape index (κ2) is 8.51. The quantitative estimate of drug-likeness (QED) is 0.397. The third-order valence-electron chi connectivity index (χ3n) is 4.08. The van der Waals surface area contributed by atoms with E-state index in [2.05, 4.69) is 20.0 Å². The van der Waals surface area contributed by atoms with Crippen molar-refractivity contribution in [1.29, 1.82) is 5.41 Å². The van der Waals surface area contributed by atoms with Crippen LogP contribution in [0.2, 0.25) is 0 Å². The largest absolute Gasteiger partial charge is 0.489 e. The summed E-state index contributed by atoms with van der Waals surface area (Å²) in [6, 6.07) is 6.04. The van der Waals surface area contributed by atoms with Crippen molar-refractivity contribution in [2.24, 2.45) is 0 Å². The topological polar surface area (TPSA) is 156 Å². The molecule has 0 bridgehead atoms. The van der Waals surface area contributed by atoms with Gasteiger partial charge < -0.3 is 20.2 Å². The predicted molar refractivity (Wildman–Crippen MR) is 113 cm³/mol. The van der Waals surface area contributed by atoms with Crippen LogP contribution in [0.5, 0.6) is 5.75 Å². The van der Waals surface area contributed by atoms with Crippen molar-refractivity contribution >= 4 is 33.1 Å². The first-order valence-electron chi connectivity index (χ1n) is 8.96. The minimum absolute atomic E-state index is 0.0390. The molecule has 1 aromatic carbocycles. The number of ether oxygens (including phenoxy) is 1. The van der Waals surface area contributed by atoms with Crippen LogP contribution in [0, 0.1) is 5.41 Å². The van der Waals surface area contributed by atoms with Gasteiger partial charge in [0.1, 0.15) is 23.7 Å². The Morgan fingerprint density at radius 2 is 2.03 bits per heavy atom. The van der Waals surface area contributed by atoms with Crippen LogP contribution in [0.25, 0.3) is 0 Å². The van der Waals surface area contributed by atoms with Crippen LogP contribution in [0.1, 0.15) is 25.0 Å². The summed E-state index contributed by atoms with van der Waals surface area (Å²) in [5.74, 6) is 0.725. The first-order valence-corrected chi connectivity index (χ1v) is 10.4. The molecule has 10 nitrogen and oxygen atoms in total. The van der Waals surface area contributed by atoms with E-state index in [1.54, 1.807) is 12.1 Å². The van der Waals surface area contributed by atoms with Gasteiger partial charge in [-0.2, -0.15) is 0 Å². The van der Waals surface area contributed by atoms with Gasteiger partial charge in [-0.25, -0.2) is 23.1 Å². The van der Waals surface area contributed by atoms with Gasteiger partial charge >= 0.3 is 0 Å². The molecule has 0 aliphatic carbocycles. The Labute approximate surface area is 174 Å². The number of nitrogen functional groups attached to an aromatic ring is 1. The highest BCUT2D eigenvalue weighted by molar-refractivity contribution is 7.89. The summed E-state index contributed by atoms with van der Waals surface area (Å²) in [4.78, 5) is 8.21. The lowest BCUT2D eigenvalue weighted by atomic mass is 10.1. The number of nitrogens with one attached hydrogen (secondary N) is 3. The van der Waals surface area contributed by atoms with E-state index >= 15 is 0 Å². The Kier molecular flexibility index (Phi) is 6.04. The number of aromatic nitrogens is 2. The fraction of sp³-hybridized carbons (Fsp3) is 0.211. The molecule has 158 valence electrons. The predicted octanol–water partition coefficient (Wildman–Crippen LogP) is 2.51. The molecular weight excluding hydrogens is 408 g/mol. The lowest BCUT2D eigenvalue weighted by Gasteiger charge is -2.18. The Morgan fingerprint density at radius 3 is 2.67 bits per heavy atom. The van der Waals surface area contributed by atoms with Crippen LogP contribution < -0.4 is 20.5 Å². The number of sulfonamides is 1. The smallest absolute Gasteiger partial charge is 0.240 e. The first kappa shape index (κ1) is 21.3. The van der Waals surface area contributed by atoms with Gasteiger partial charge in [0.2, 0.25) is 10.0 Å². The lowest BCUT2D eigenvalue weighted by Crippen LogP contribution is -2.19. The summed E-state index contributed by atoms with van der Waals surface area (Å²) in [5, 5.41) is 11.5. The second-order valence-corrected chi connectivity index (χ2v) is 8.41. The number of anilines is 3. The van der Waals surface area contributed by atoms with Gasteiger partial charge in [0.05, 0.1) is 40.5 Å². The average Bonchev–Trinajstić information content (AvgIpc) is 3.23. The molecule has 11 heteroatoms. The van der Waals surface area contributed by atoms with Gasteiger partial charge in [0.15, 0.2) is 0 Å². The summed E-state index contributed by atoms with van der Waals surface area (Å²) in [7, 11) is -2.36. The molecule has 0 spiro atoms. The number of hydrogen-bond donors (Lipinski definition) is 4. The number of hydrogen-bond acceptors (Lipinski definition) is 9. The number of benzene rings is 1. The molecule has 0 fully saturated rings. The maximum atomic E-state index is 12.3. The van der Waals surface area contributed by atoms with Gasteiger partial charge in [0.25, 0.3) is 0 Å². The molecule has 2 aromatic heterocycles. The van der Waals surface area contributed by atoms with Gasteiger partial charge in [-0.05, 0) is 45.2 Å². The Hall–Kier alpha value is -3.44. The molecule has 0 unspecified atom stereocenters. The van der Waals surface area contributed by atoms with E-state index in [-0.39, 0.29) is 33.9 Å². The minimum Gasteiger partial charge on any atom is -0.489 e. The van der Waals surface area contributed by atoms with Gasteiger partial charge in [0, 0.05) is 5.56 Å². The summed E-state index contributed by atoms with van der Waals surface area (Å²) < 4.78 is 37.6. The summed E-state index contributed by atoms with van der Waals surface area (Å²) >= 11 is 0. The molecule has 2 heterocycles. The lowest BCUT2D eigenvalue weighted by molar-refractivity contribution is 0.243. The van der Waals surface area contributed by atoms with E-state index in [9.17, 15) is 8.42 Å². The normalized spacial score (nSPS) is 11.5. The van der Waals surface area contributed by atoms with Crippen molar-refractivity contribution in [3.8, 4) is 5.75 Å². The van der Waals surface area contributed by atoms with Gasteiger partial charge in [-0.3, -0.25) is 5.41 Å². The summed E-state index contributed by atoms with van der Waals surface area (Å²) in [6.07, 6.45) is 3.95. The van der Waals surface area contributed by atoms with Gasteiger partial charge in [-0.15, -0.1) is 0 Å². The van der Waals surface area contributed by atoms with Crippen molar-refractivity contribution in [3.63, 3.8) is 0 Å². The highest BCUT2D eigenvalue weighted by atomic mass is 32.2. The van der Waals surface area contributed by atoms with Crippen molar-refractivity contribution in [1.82, 2.24) is 14.7 Å². The molecule has 30 heavy (non-hydrogen) atoms. The van der Waals surface area contributed by atoms with E-state index in [1.165, 1.54) is 38.0 Å². The number of nitrogens with two attached hydrogens (primary N) is 1.